The van der Waals surface area contributed by atoms with E-state index in [1.165, 1.54) is 0 Å². The molecule has 0 radical (unpaired) electrons. The van der Waals surface area contributed by atoms with Gasteiger partial charge in [-0.05, 0) is 45.7 Å². The average molecular weight is 347 g/mol. The summed E-state index contributed by atoms with van der Waals surface area (Å²) in [6.45, 7) is 10.4. The number of amides is 1. The number of nitrogens with one attached hydrogen (secondary N) is 1. The van der Waals surface area contributed by atoms with Crippen LogP contribution in [-0.2, 0) is 4.74 Å². The van der Waals surface area contributed by atoms with Gasteiger partial charge in [-0.2, -0.15) is 0 Å². The van der Waals surface area contributed by atoms with E-state index in [-0.39, 0.29) is 5.91 Å². The Balaban J connectivity index is 1.45. The normalized spacial score (nSPS) is 20.0. The Morgan fingerprint density at radius 2 is 1.84 bits per heavy atom. The van der Waals surface area contributed by atoms with E-state index < -0.39 is 0 Å². The molecule has 0 spiro atoms. The molecule has 1 aromatic heterocycles. The van der Waals surface area contributed by atoms with Crippen molar-refractivity contribution in [1.29, 1.82) is 0 Å². The lowest BCUT2D eigenvalue weighted by Crippen LogP contribution is -2.41. The van der Waals surface area contributed by atoms with Gasteiger partial charge in [0.05, 0.1) is 18.8 Å². The maximum absolute atomic E-state index is 12.3. The van der Waals surface area contributed by atoms with Gasteiger partial charge in [-0.15, -0.1) is 0 Å². The topological polar surface area (TPSA) is 70.6 Å². The van der Waals surface area contributed by atoms with Gasteiger partial charge < -0.3 is 19.9 Å². The summed E-state index contributed by atoms with van der Waals surface area (Å²) in [5.74, 6) is 1.15. The van der Waals surface area contributed by atoms with Crippen LogP contribution in [0.1, 0.15) is 37.0 Å². The molecule has 0 unspecified atom stereocenters. The number of ether oxygens (including phenoxy) is 1. The lowest BCUT2D eigenvalue weighted by Gasteiger charge is -2.34. The zero-order chi connectivity index (χ0) is 17.6. The first-order valence-electron chi connectivity index (χ1n) is 9.30. The molecule has 1 aromatic rings. The third kappa shape index (κ3) is 4.89. The number of hydrogen-bond donors (Lipinski definition) is 1. The molecule has 1 N–H and O–H groups in total. The number of piperidine rings is 1. The van der Waals surface area contributed by atoms with Crippen LogP contribution in [0, 0.1) is 5.92 Å². The molecule has 1 amide bonds. The molecular formula is C18H29N5O2. The van der Waals surface area contributed by atoms with Gasteiger partial charge in [-0.1, -0.05) is 0 Å². The van der Waals surface area contributed by atoms with Crippen LogP contribution >= 0.6 is 0 Å². The van der Waals surface area contributed by atoms with Crippen molar-refractivity contribution >= 4 is 11.9 Å². The molecule has 7 heteroatoms. The van der Waals surface area contributed by atoms with Crippen molar-refractivity contribution in [2.45, 2.75) is 32.7 Å². The number of aromatic nitrogens is 2. The van der Waals surface area contributed by atoms with Crippen LogP contribution in [0.3, 0.4) is 0 Å². The number of rotatable bonds is 5. The van der Waals surface area contributed by atoms with Crippen molar-refractivity contribution < 1.29 is 9.53 Å². The van der Waals surface area contributed by atoms with Gasteiger partial charge in [-0.3, -0.25) is 4.79 Å². The molecule has 2 saturated heterocycles. The minimum atomic E-state index is -0.0835. The predicted molar refractivity (Wildman–Crippen MR) is 96.8 cm³/mol. The summed E-state index contributed by atoms with van der Waals surface area (Å²) in [5.41, 5.74) is 0.525. The zero-order valence-electron chi connectivity index (χ0n) is 15.3. The lowest BCUT2D eigenvalue weighted by atomic mass is 9.96. The Hall–Kier alpha value is -1.73. The highest BCUT2D eigenvalue weighted by atomic mass is 16.5. The maximum Gasteiger partial charge on any atom is 0.254 e. The molecule has 3 rings (SSSR count). The van der Waals surface area contributed by atoms with E-state index in [0.29, 0.717) is 36.7 Å². The second-order valence-electron chi connectivity index (χ2n) is 7.15. The van der Waals surface area contributed by atoms with Crippen molar-refractivity contribution in [2.24, 2.45) is 5.92 Å². The standard InChI is InChI=1S/C18H29N5O2/c1-14(2)22-5-3-15(4-6-22)11-19-17(24)16-12-20-18(21-13-16)23-7-9-25-10-8-23/h12-15H,3-11H2,1-2H3,(H,19,24). The van der Waals surface area contributed by atoms with E-state index in [1.54, 1.807) is 12.4 Å². The quantitative estimate of drug-likeness (QED) is 0.862. The Kier molecular flexibility index (Phi) is 6.20. The van der Waals surface area contributed by atoms with Crippen LogP contribution in [0.5, 0.6) is 0 Å². The van der Waals surface area contributed by atoms with Crippen LogP contribution in [0.15, 0.2) is 12.4 Å². The molecule has 0 saturated carbocycles. The summed E-state index contributed by atoms with van der Waals surface area (Å²) in [6, 6.07) is 0.609. The maximum atomic E-state index is 12.3. The van der Waals surface area contributed by atoms with Gasteiger partial charge in [0.15, 0.2) is 0 Å². The summed E-state index contributed by atoms with van der Waals surface area (Å²) in [6.07, 6.45) is 5.53. The van der Waals surface area contributed by atoms with Crippen LogP contribution in [0.2, 0.25) is 0 Å². The summed E-state index contributed by atoms with van der Waals surface area (Å²) in [7, 11) is 0. The summed E-state index contributed by atoms with van der Waals surface area (Å²) in [4.78, 5) is 25.6. The van der Waals surface area contributed by atoms with Crippen LogP contribution in [-0.4, -0.2) is 72.8 Å². The van der Waals surface area contributed by atoms with Gasteiger partial charge in [0, 0.05) is 38.1 Å². The second kappa shape index (κ2) is 8.58. The highest BCUT2D eigenvalue weighted by Crippen LogP contribution is 2.18. The molecule has 2 aliphatic heterocycles. The first-order chi connectivity index (χ1) is 12.1. The SMILES string of the molecule is CC(C)N1CCC(CNC(=O)c2cnc(N3CCOCC3)nc2)CC1. The Bertz CT molecular complexity index is 549. The monoisotopic (exact) mass is 347 g/mol. The summed E-state index contributed by atoms with van der Waals surface area (Å²) < 4.78 is 5.33. The molecule has 2 aliphatic rings. The number of morpholine rings is 1. The third-order valence-corrected chi connectivity index (χ3v) is 5.13. The van der Waals surface area contributed by atoms with Gasteiger partial charge in [0.2, 0.25) is 5.95 Å². The highest BCUT2D eigenvalue weighted by Gasteiger charge is 2.21. The zero-order valence-corrected chi connectivity index (χ0v) is 15.3. The van der Waals surface area contributed by atoms with Crippen molar-refractivity contribution in [3.8, 4) is 0 Å². The fourth-order valence-electron chi connectivity index (χ4n) is 3.38. The molecule has 2 fully saturated rings. The average Bonchev–Trinajstić information content (AvgIpc) is 2.67. The first kappa shape index (κ1) is 18.1. The van der Waals surface area contributed by atoms with Gasteiger partial charge in [0.1, 0.15) is 0 Å². The van der Waals surface area contributed by atoms with E-state index in [0.717, 1.165) is 45.6 Å². The van der Waals surface area contributed by atoms with Crippen molar-refractivity contribution in [3.05, 3.63) is 18.0 Å². The number of likely N-dealkylation sites (tertiary alicyclic amines) is 1. The molecule has 3 heterocycles. The minimum absolute atomic E-state index is 0.0835. The highest BCUT2D eigenvalue weighted by molar-refractivity contribution is 5.93. The fraction of sp³-hybridized carbons (Fsp3) is 0.722. The number of carbonyl (C=O) groups is 1. The fourth-order valence-corrected chi connectivity index (χ4v) is 3.38. The van der Waals surface area contributed by atoms with Crippen molar-refractivity contribution in [3.63, 3.8) is 0 Å². The number of carbonyl (C=O) groups excluding carboxylic acids is 1. The Morgan fingerprint density at radius 1 is 1.20 bits per heavy atom. The molecule has 25 heavy (non-hydrogen) atoms. The molecule has 0 aromatic carbocycles. The largest absolute Gasteiger partial charge is 0.378 e. The van der Waals surface area contributed by atoms with E-state index >= 15 is 0 Å². The first-order valence-corrected chi connectivity index (χ1v) is 9.30. The molecule has 0 atom stereocenters. The van der Waals surface area contributed by atoms with E-state index in [2.05, 4.69) is 38.9 Å². The van der Waals surface area contributed by atoms with Gasteiger partial charge in [0.25, 0.3) is 5.91 Å². The number of anilines is 1. The summed E-state index contributed by atoms with van der Waals surface area (Å²) in [5, 5.41) is 3.04. The van der Waals surface area contributed by atoms with Crippen molar-refractivity contribution in [2.75, 3.05) is 50.8 Å². The smallest absolute Gasteiger partial charge is 0.254 e. The molecule has 138 valence electrons. The van der Waals surface area contributed by atoms with Crippen LogP contribution < -0.4 is 10.2 Å². The van der Waals surface area contributed by atoms with Gasteiger partial charge >= 0.3 is 0 Å². The number of nitrogens with zero attached hydrogens (tertiary/aromatic N) is 4. The second-order valence-corrected chi connectivity index (χ2v) is 7.15. The molecule has 7 nitrogen and oxygen atoms in total. The third-order valence-electron chi connectivity index (χ3n) is 5.13. The van der Waals surface area contributed by atoms with E-state index in [9.17, 15) is 4.79 Å². The number of hydrogen-bond acceptors (Lipinski definition) is 6. The molecule has 0 bridgehead atoms. The van der Waals surface area contributed by atoms with E-state index in [4.69, 9.17) is 4.74 Å². The Morgan fingerprint density at radius 3 is 2.44 bits per heavy atom. The van der Waals surface area contributed by atoms with Crippen molar-refractivity contribution in [1.82, 2.24) is 20.2 Å². The summed E-state index contributed by atoms with van der Waals surface area (Å²) >= 11 is 0. The van der Waals surface area contributed by atoms with Crippen LogP contribution in [0.4, 0.5) is 5.95 Å². The molecular weight excluding hydrogens is 318 g/mol. The lowest BCUT2D eigenvalue weighted by molar-refractivity contribution is 0.0929. The molecule has 0 aliphatic carbocycles. The van der Waals surface area contributed by atoms with E-state index in [1.807, 2.05) is 0 Å². The minimum Gasteiger partial charge on any atom is -0.378 e. The van der Waals surface area contributed by atoms with Gasteiger partial charge in [-0.25, -0.2) is 9.97 Å². The Labute approximate surface area is 149 Å². The van der Waals surface area contributed by atoms with Crippen LogP contribution in [0.25, 0.3) is 0 Å². The predicted octanol–water partition coefficient (Wildman–Crippen LogP) is 1.16.